The number of amides is 3. The molecule has 1 unspecified atom stereocenters. The summed E-state index contributed by atoms with van der Waals surface area (Å²) in [4.78, 5) is 50.6. The number of carbonyl (C=O) groups excluding carboxylic acids is 3. The summed E-state index contributed by atoms with van der Waals surface area (Å²) in [6.07, 6.45) is 1.63. The predicted molar refractivity (Wildman–Crippen MR) is 170 cm³/mol. The molecule has 0 aliphatic heterocycles. The van der Waals surface area contributed by atoms with Crippen LogP contribution < -0.4 is 16.0 Å². The molecule has 0 saturated carbocycles. The third-order valence-corrected chi connectivity index (χ3v) is 7.57. The van der Waals surface area contributed by atoms with Gasteiger partial charge in [0.1, 0.15) is 5.70 Å². The number of rotatable bonds is 10. The predicted octanol–water partition coefficient (Wildman–Crippen LogP) is 6.74. The number of hydrogen-bond acceptors (Lipinski definition) is 6. The van der Waals surface area contributed by atoms with Crippen molar-refractivity contribution in [2.45, 2.75) is 30.9 Å². The van der Waals surface area contributed by atoms with Gasteiger partial charge in [0.15, 0.2) is 0 Å². The first kappa shape index (κ1) is 30.7. The molecule has 3 amide bonds. The van der Waals surface area contributed by atoms with E-state index < -0.39 is 22.0 Å². The quantitative estimate of drug-likeness (QED) is 0.0807. The Labute approximate surface area is 253 Å². The van der Waals surface area contributed by atoms with Gasteiger partial charge < -0.3 is 16.0 Å². The van der Waals surface area contributed by atoms with Crippen LogP contribution in [0.2, 0.25) is 0 Å². The van der Waals surface area contributed by atoms with E-state index in [-0.39, 0.29) is 17.3 Å². The standard InChI is InChI=1S/C33H30N4O5S/c1-21-10-7-8-13-25(21)18-30(36-32(39)24-11-5-4-6-12-24)33(40)34-26-14-9-15-28(19-26)43-23(3)31(38)35-29-20-27(37(41)42)17-16-22(29)2/h4-20,23H,1-3H3,(H,34,40)(H,35,38)(H,36,39)/b30-18-. The Balaban J connectivity index is 1.49. The average molecular weight is 595 g/mol. The minimum absolute atomic E-state index is 0.0706. The minimum Gasteiger partial charge on any atom is -0.325 e. The fourth-order valence-electron chi connectivity index (χ4n) is 4.04. The first-order valence-corrected chi connectivity index (χ1v) is 14.3. The lowest BCUT2D eigenvalue weighted by atomic mass is 10.1. The highest BCUT2D eigenvalue weighted by atomic mass is 32.2. The van der Waals surface area contributed by atoms with E-state index in [2.05, 4.69) is 16.0 Å². The van der Waals surface area contributed by atoms with Crippen LogP contribution in [0.5, 0.6) is 0 Å². The molecule has 0 aromatic heterocycles. The molecule has 0 aliphatic carbocycles. The zero-order valence-electron chi connectivity index (χ0n) is 23.8. The average Bonchev–Trinajstić information content (AvgIpc) is 2.99. The van der Waals surface area contributed by atoms with Gasteiger partial charge in [0.2, 0.25) is 5.91 Å². The summed E-state index contributed by atoms with van der Waals surface area (Å²) in [7, 11) is 0. The Kier molecular flexibility index (Phi) is 10.1. The van der Waals surface area contributed by atoms with Crippen molar-refractivity contribution in [1.29, 1.82) is 0 Å². The van der Waals surface area contributed by atoms with Crippen LogP contribution in [-0.4, -0.2) is 27.9 Å². The van der Waals surface area contributed by atoms with E-state index in [0.717, 1.165) is 11.1 Å². The smallest absolute Gasteiger partial charge is 0.272 e. The van der Waals surface area contributed by atoms with Crippen molar-refractivity contribution in [3.05, 3.63) is 135 Å². The van der Waals surface area contributed by atoms with Crippen molar-refractivity contribution in [3.63, 3.8) is 0 Å². The highest BCUT2D eigenvalue weighted by Crippen LogP contribution is 2.28. The maximum atomic E-state index is 13.4. The lowest BCUT2D eigenvalue weighted by Gasteiger charge is -2.15. The Bertz CT molecular complexity index is 1700. The molecule has 3 N–H and O–H groups in total. The molecular formula is C33H30N4O5S. The van der Waals surface area contributed by atoms with Crippen LogP contribution in [0.25, 0.3) is 6.08 Å². The van der Waals surface area contributed by atoms with Gasteiger partial charge in [0, 0.05) is 28.3 Å². The molecule has 4 aromatic rings. The highest BCUT2D eigenvalue weighted by molar-refractivity contribution is 8.00. The van der Waals surface area contributed by atoms with Crippen molar-refractivity contribution >= 4 is 52.6 Å². The molecule has 10 heteroatoms. The second-order valence-electron chi connectivity index (χ2n) is 9.72. The van der Waals surface area contributed by atoms with E-state index in [1.165, 1.54) is 23.9 Å². The summed E-state index contributed by atoms with van der Waals surface area (Å²) >= 11 is 1.27. The summed E-state index contributed by atoms with van der Waals surface area (Å²) in [6, 6.07) is 27.4. The van der Waals surface area contributed by atoms with Crippen molar-refractivity contribution < 1.29 is 19.3 Å². The Morgan fingerprint density at radius 1 is 0.837 bits per heavy atom. The van der Waals surface area contributed by atoms with E-state index in [4.69, 9.17) is 0 Å². The molecule has 0 aliphatic rings. The normalized spacial score (nSPS) is 11.7. The van der Waals surface area contributed by atoms with Crippen LogP contribution in [-0.2, 0) is 9.59 Å². The zero-order valence-corrected chi connectivity index (χ0v) is 24.6. The van der Waals surface area contributed by atoms with Crippen LogP contribution in [0.3, 0.4) is 0 Å². The largest absolute Gasteiger partial charge is 0.325 e. The summed E-state index contributed by atoms with van der Waals surface area (Å²) in [5.74, 6) is -1.25. The number of thioether (sulfide) groups is 1. The molecule has 0 bridgehead atoms. The minimum atomic E-state index is -0.550. The highest BCUT2D eigenvalue weighted by Gasteiger charge is 2.19. The number of nitro benzene ring substituents is 1. The summed E-state index contributed by atoms with van der Waals surface area (Å²) in [5.41, 5.74) is 3.64. The van der Waals surface area contributed by atoms with Crippen molar-refractivity contribution in [2.24, 2.45) is 0 Å². The number of anilines is 2. The number of aryl methyl sites for hydroxylation is 2. The molecule has 43 heavy (non-hydrogen) atoms. The Hall–Kier alpha value is -5.22. The molecule has 4 aromatic carbocycles. The van der Waals surface area contributed by atoms with Crippen LogP contribution in [0, 0.1) is 24.0 Å². The zero-order chi connectivity index (χ0) is 30.9. The topological polar surface area (TPSA) is 130 Å². The van der Waals surface area contributed by atoms with Gasteiger partial charge in [0.25, 0.3) is 17.5 Å². The third kappa shape index (κ3) is 8.40. The van der Waals surface area contributed by atoms with Crippen LogP contribution in [0.4, 0.5) is 17.1 Å². The van der Waals surface area contributed by atoms with E-state index in [9.17, 15) is 24.5 Å². The number of nitrogens with zero attached hydrogens (tertiary/aromatic N) is 1. The molecule has 1 atom stereocenters. The van der Waals surface area contributed by atoms with Gasteiger partial charge in [-0.1, -0.05) is 54.6 Å². The van der Waals surface area contributed by atoms with E-state index in [1.807, 2.05) is 37.3 Å². The first-order valence-electron chi connectivity index (χ1n) is 13.4. The molecule has 9 nitrogen and oxygen atoms in total. The number of nitro groups is 1. The van der Waals surface area contributed by atoms with E-state index >= 15 is 0 Å². The van der Waals surface area contributed by atoms with Crippen LogP contribution in [0.15, 0.2) is 108 Å². The van der Waals surface area contributed by atoms with Gasteiger partial charge >= 0.3 is 0 Å². The van der Waals surface area contributed by atoms with Gasteiger partial charge in [-0.3, -0.25) is 24.5 Å². The fraction of sp³-hybridized carbons (Fsp3) is 0.121. The molecular weight excluding hydrogens is 564 g/mol. The van der Waals surface area contributed by atoms with Crippen molar-refractivity contribution in [1.82, 2.24) is 5.32 Å². The second kappa shape index (κ2) is 14.1. The van der Waals surface area contributed by atoms with Gasteiger partial charge in [-0.15, -0.1) is 11.8 Å². The number of benzene rings is 4. The lowest BCUT2D eigenvalue weighted by Crippen LogP contribution is -2.30. The molecule has 4 rings (SSSR count). The van der Waals surface area contributed by atoms with E-state index in [0.29, 0.717) is 27.4 Å². The van der Waals surface area contributed by atoms with Crippen molar-refractivity contribution in [2.75, 3.05) is 10.6 Å². The van der Waals surface area contributed by atoms with Crippen LogP contribution in [0.1, 0.15) is 34.0 Å². The monoisotopic (exact) mass is 594 g/mol. The molecule has 0 fully saturated rings. The Morgan fingerprint density at radius 2 is 1.56 bits per heavy atom. The molecule has 218 valence electrons. The number of carbonyl (C=O) groups is 3. The van der Waals surface area contributed by atoms with Gasteiger partial charge in [-0.2, -0.15) is 0 Å². The molecule has 0 saturated heterocycles. The summed E-state index contributed by atoms with van der Waals surface area (Å²) in [5, 5.41) is 18.9. The number of nitrogens with one attached hydrogen (secondary N) is 3. The maximum Gasteiger partial charge on any atom is 0.272 e. The molecule has 0 heterocycles. The summed E-state index contributed by atoms with van der Waals surface area (Å²) in [6.45, 7) is 5.40. The fourth-order valence-corrected chi connectivity index (χ4v) is 4.97. The lowest BCUT2D eigenvalue weighted by molar-refractivity contribution is -0.384. The molecule has 0 spiro atoms. The first-order chi connectivity index (χ1) is 20.6. The molecule has 0 radical (unpaired) electrons. The second-order valence-corrected chi connectivity index (χ2v) is 11.1. The number of hydrogen-bond donors (Lipinski definition) is 3. The summed E-state index contributed by atoms with van der Waals surface area (Å²) < 4.78 is 0. The van der Waals surface area contributed by atoms with Crippen LogP contribution >= 0.6 is 11.8 Å². The SMILES string of the molecule is Cc1ccccc1/C=C(\NC(=O)c1ccccc1)C(=O)Nc1cccc(SC(C)C(=O)Nc2cc([N+](=O)[O-])ccc2C)c1. The van der Waals surface area contributed by atoms with Gasteiger partial charge in [-0.25, -0.2) is 0 Å². The van der Waals surface area contributed by atoms with Gasteiger partial charge in [0.05, 0.1) is 15.9 Å². The third-order valence-electron chi connectivity index (χ3n) is 6.48. The Morgan fingerprint density at radius 3 is 2.28 bits per heavy atom. The van der Waals surface area contributed by atoms with Crippen molar-refractivity contribution in [3.8, 4) is 0 Å². The number of non-ortho nitro benzene ring substituents is 1. The van der Waals surface area contributed by atoms with E-state index in [1.54, 1.807) is 74.5 Å². The van der Waals surface area contributed by atoms with Gasteiger partial charge in [-0.05, 0) is 73.9 Å². The maximum absolute atomic E-state index is 13.4.